The van der Waals surface area contributed by atoms with Crippen molar-refractivity contribution in [2.24, 2.45) is 5.16 Å². The molecule has 0 saturated carbocycles. The van der Waals surface area contributed by atoms with E-state index in [1.165, 1.54) is 12.1 Å². The van der Waals surface area contributed by atoms with Crippen LogP contribution in [-0.4, -0.2) is 37.0 Å². The molecule has 0 aliphatic carbocycles. The fraction of sp³-hybridized carbons (Fsp3) is 0.222. The van der Waals surface area contributed by atoms with Crippen LogP contribution in [0.1, 0.15) is 12.0 Å². The number of phenolic OH excluding ortho intramolecular Hbond substituents is 1. The van der Waals surface area contributed by atoms with Crippen molar-refractivity contribution in [2.45, 2.75) is 12.5 Å². The minimum atomic E-state index is -0.731. The second-order valence-electron chi connectivity index (χ2n) is 5.45. The van der Waals surface area contributed by atoms with Gasteiger partial charge >= 0.3 is 0 Å². The van der Waals surface area contributed by atoms with Crippen LogP contribution in [0.5, 0.6) is 17.2 Å². The van der Waals surface area contributed by atoms with Gasteiger partial charge in [-0.3, -0.25) is 4.79 Å². The fourth-order valence-electron chi connectivity index (χ4n) is 2.51. The summed E-state index contributed by atoms with van der Waals surface area (Å²) < 4.78 is 10.5. The van der Waals surface area contributed by atoms with E-state index in [2.05, 4.69) is 10.5 Å². The van der Waals surface area contributed by atoms with Crippen LogP contribution < -0.4 is 14.8 Å². The van der Waals surface area contributed by atoms with Crippen molar-refractivity contribution in [1.82, 2.24) is 0 Å². The Hall–Kier alpha value is -3.22. The summed E-state index contributed by atoms with van der Waals surface area (Å²) in [5.41, 5.74) is 1.94. The number of anilines is 1. The van der Waals surface area contributed by atoms with Gasteiger partial charge in [-0.15, -0.1) is 0 Å². The molecule has 1 aliphatic heterocycles. The van der Waals surface area contributed by atoms with Gasteiger partial charge in [-0.1, -0.05) is 11.2 Å². The first-order valence-electron chi connectivity index (χ1n) is 7.65. The van der Waals surface area contributed by atoms with Crippen molar-refractivity contribution >= 4 is 17.3 Å². The molecule has 2 N–H and O–H groups in total. The van der Waals surface area contributed by atoms with Crippen LogP contribution in [0.3, 0.4) is 0 Å². The molecule has 2 aromatic carbocycles. The van der Waals surface area contributed by atoms with Crippen LogP contribution in [-0.2, 0) is 9.63 Å². The van der Waals surface area contributed by atoms with E-state index in [4.69, 9.17) is 14.3 Å². The molecule has 0 spiro atoms. The topological polar surface area (TPSA) is 89.4 Å². The highest BCUT2D eigenvalue weighted by molar-refractivity contribution is 6.06. The largest absolute Gasteiger partial charge is 0.508 e. The van der Waals surface area contributed by atoms with Crippen molar-refractivity contribution in [3.63, 3.8) is 0 Å². The predicted octanol–water partition coefficient (Wildman–Crippen LogP) is 2.54. The van der Waals surface area contributed by atoms with Gasteiger partial charge in [-0.2, -0.15) is 0 Å². The zero-order chi connectivity index (χ0) is 17.8. The molecular formula is C18H18N2O5. The average Bonchev–Trinajstić information content (AvgIpc) is 3.11. The summed E-state index contributed by atoms with van der Waals surface area (Å²) in [6, 6.07) is 11.7. The molecule has 1 atom stereocenters. The number of benzene rings is 2. The van der Waals surface area contributed by atoms with E-state index >= 15 is 0 Å². The number of nitrogens with one attached hydrogen (secondary N) is 1. The van der Waals surface area contributed by atoms with E-state index < -0.39 is 6.10 Å². The number of rotatable bonds is 5. The Morgan fingerprint density at radius 1 is 1.20 bits per heavy atom. The number of phenols is 1. The van der Waals surface area contributed by atoms with E-state index in [-0.39, 0.29) is 11.7 Å². The average molecular weight is 342 g/mol. The minimum Gasteiger partial charge on any atom is -0.508 e. The summed E-state index contributed by atoms with van der Waals surface area (Å²) in [5, 5.41) is 16.2. The van der Waals surface area contributed by atoms with Gasteiger partial charge < -0.3 is 24.7 Å². The van der Waals surface area contributed by atoms with Crippen LogP contribution >= 0.6 is 0 Å². The van der Waals surface area contributed by atoms with Crippen LogP contribution in [0.15, 0.2) is 47.6 Å². The molecule has 3 rings (SSSR count). The molecule has 1 aliphatic rings. The van der Waals surface area contributed by atoms with Gasteiger partial charge in [-0.25, -0.2) is 0 Å². The quantitative estimate of drug-likeness (QED) is 0.871. The summed E-state index contributed by atoms with van der Waals surface area (Å²) in [6.45, 7) is 0. The number of nitrogens with zero attached hydrogens (tertiary/aromatic N) is 1. The van der Waals surface area contributed by atoms with Crippen molar-refractivity contribution in [3.05, 3.63) is 48.0 Å². The van der Waals surface area contributed by atoms with Gasteiger partial charge in [0.05, 0.1) is 19.9 Å². The summed E-state index contributed by atoms with van der Waals surface area (Å²) in [6.07, 6.45) is -0.398. The Balaban J connectivity index is 1.67. The van der Waals surface area contributed by atoms with Crippen LogP contribution in [0, 0.1) is 0 Å². The third kappa shape index (κ3) is 3.65. The Labute approximate surface area is 144 Å². The molecule has 7 nitrogen and oxygen atoms in total. The lowest BCUT2D eigenvalue weighted by atomic mass is 10.0. The molecule has 7 heteroatoms. The molecule has 25 heavy (non-hydrogen) atoms. The Kier molecular flexibility index (Phi) is 4.74. The van der Waals surface area contributed by atoms with Gasteiger partial charge in [0.15, 0.2) is 11.5 Å². The Morgan fingerprint density at radius 3 is 2.72 bits per heavy atom. The normalized spacial score (nSPS) is 15.9. The Bertz CT molecular complexity index is 819. The first-order chi connectivity index (χ1) is 12.1. The van der Waals surface area contributed by atoms with Crippen molar-refractivity contribution in [2.75, 3.05) is 19.5 Å². The lowest BCUT2D eigenvalue weighted by molar-refractivity contribution is -0.125. The third-order valence-corrected chi connectivity index (χ3v) is 3.79. The van der Waals surface area contributed by atoms with Gasteiger partial charge in [0.2, 0.25) is 6.10 Å². The van der Waals surface area contributed by atoms with E-state index in [1.807, 2.05) is 6.07 Å². The second-order valence-corrected chi connectivity index (χ2v) is 5.45. The number of hydrogen-bond acceptors (Lipinski definition) is 6. The molecule has 2 aromatic rings. The highest BCUT2D eigenvalue weighted by Crippen LogP contribution is 2.29. The number of aromatic hydroxyl groups is 1. The Morgan fingerprint density at radius 2 is 2.00 bits per heavy atom. The number of carbonyl (C=O) groups is 1. The molecule has 130 valence electrons. The van der Waals surface area contributed by atoms with Gasteiger partial charge in [0.25, 0.3) is 5.91 Å². The zero-order valence-corrected chi connectivity index (χ0v) is 13.9. The maximum Gasteiger partial charge on any atom is 0.268 e. The monoisotopic (exact) mass is 342 g/mol. The van der Waals surface area contributed by atoms with Gasteiger partial charge in [0, 0.05) is 23.7 Å². The minimum absolute atomic E-state index is 0.0763. The van der Waals surface area contributed by atoms with E-state index in [0.717, 1.165) is 5.56 Å². The molecule has 0 aromatic heterocycles. The highest BCUT2D eigenvalue weighted by atomic mass is 16.6. The molecule has 0 unspecified atom stereocenters. The molecule has 1 heterocycles. The van der Waals surface area contributed by atoms with Crippen LogP contribution in [0.2, 0.25) is 0 Å². The van der Waals surface area contributed by atoms with Crippen molar-refractivity contribution in [3.8, 4) is 17.2 Å². The van der Waals surface area contributed by atoms with Gasteiger partial charge in [0.1, 0.15) is 5.75 Å². The summed E-state index contributed by atoms with van der Waals surface area (Å²) in [4.78, 5) is 17.5. The van der Waals surface area contributed by atoms with E-state index in [9.17, 15) is 9.90 Å². The summed E-state index contributed by atoms with van der Waals surface area (Å²) in [5.74, 6) is 0.941. The molecule has 0 fully saturated rings. The SMILES string of the molecule is COc1ccc(C2=NO[C@H](C(=O)Nc3cccc(O)c3)C2)cc1OC. The highest BCUT2D eigenvalue weighted by Gasteiger charge is 2.29. The smallest absolute Gasteiger partial charge is 0.268 e. The van der Waals surface area contributed by atoms with Crippen molar-refractivity contribution < 1.29 is 24.2 Å². The number of amides is 1. The molecule has 0 saturated heterocycles. The number of carbonyl (C=O) groups excluding carboxylic acids is 1. The van der Waals surface area contributed by atoms with Gasteiger partial charge in [-0.05, 0) is 30.3 Å². The number of ether oxygens (including phenoxy) is 2. The summed E-state index contributed by atoms with van der Waals surface area (Å²) in [7, 11) is 3.12. The first kappa shape index (κ1) is 16.6. The number of methoxy groups -OCH3 is 2. The van der Waals surface area contributed by atoms with E-state index in [0.29, 0.717) is 29.3 Å². The lowest BCUT2D eigenvalue weighted by Gasteiger charge is -2.10. The molecule has 1 amide bonds. The summed E-state index contributed by atoms with van der Waals surface area (Å²) >= 11 is 0. The first-order valence-corrected chi connectivity index (χ1v) is 7.65. The second kappa shape index (κ2) is 7.12. The standard InChI is InChI=1S/C18H18N2O5/c1-23-15-7-6-11(8-16(15)24-2)14-10-17(25-20-14)18(22)19-12-4-3-5-13(21)9-12/h3-9,17,21H,10H2,1-2H3,(H,19,22)/t17-/m0/s1. The fourth-order valence-corrected chi connectivity index (χ4v) is 2.51. The molecule has 0 bridgehead atoms. The van der Waals surface area contributed by atoms with Crippen LogP contribution in [0.25, 0.3) is 0 Å². The lowest BCUT2D eigenvalue weighted by Crippen LogP contribution is -2.28. The zero-order valence-electron chi connectivity index (χ0n) is 13.9. The third-order valence-electron chi connectivity index (χ3n) is 3.79. The molecule has 0 radical (unpaired) electrons. The maximum atomic E-state index is 12.3. The van der Waals surface area contributed by atoms with Crippen LogP contribution in [0.4, 0.5) is 5.69 Å². The van der Waals surface area contributed by atoms with Crippen molar-refractivity contribution in [1.29, 1.82) is 0 Å². The predicted molar refractivity (Wildman–Crippen MR) is 92.3 cm³/mol. The van der Waals surface area contributed by atoms with E-state index in [1.54, 1.807) is 38.5 Å². The number of oxime groups is 1. The maximum absolute atomic E-state index is 12.3. The molecular weight excluding hydrogens is 324 g/mol. The number of hydrogen-bond donors (Lipinski definition) is 2.